The van der Waals surface area contributed by atoms with Gasteiger partial charge >= 0.3 is 18.3 Å². The largest absolute Gasteiger partial charge is 0.481 e. The molecule has 1 aliphatic heterocycles. The molecule has 1 N–H and O–H groups in total. The van der Waals surface area contributed by atoms with E-state index in [4.69, 9.17) is 5.11 Å². The van der Waals surface area contributed by atoms with Gasteiger partial charge in [-0.1, -0.05) is 25.1 Å². The van der Waals surface area contributed by atoms with Crippen LogP contribution in [0.3, 0.4) is 0 Å². The molecule has 2 atom stereocenters. The number of halogens is 6. The molecule has 1 heterocycles. The van der Waals surface area contributed by atoms with Crippen LogP contribution in [0.2, 0.25) is 0 Å². The number of carboxylic acids is 1. The minimum absolute atomic E-state index is 0.220. The highest BCUT2D eigenvalue weighted by atomic mass is 19.4. The molecule has 0 aliphatic carbocycles. The normalized spacial score (nSPS) is 22.0. The first-order valence-electron chi connectivity index (χ1n) is 8.03. The number of aliphatic carboxylic acids is 1. The molecule has 4 nitrogen and oxygen atoms in total. The van der Waals surface area contributed by atoms with Crippen molar-refractivity contribution < 1.29 is 41.0 Å². The summed E-state index contributed by atoms with van der Waals surface area (Å²) in [5, 5.41) is 9.00. The van der Waals surface area contributed by atoms with E-state index in [2.05, 4.69) is 0 Å². The summed E-state index contributed by atoms with van der Waals surface area (Å²) in [7, 11) is 0. The lowest BCUT2D eigenvalue weighted by atomic mass is 9.86. The summed E-state index contributed by atoms with van der Waals surface area (Å²) in [4.78, 5) is 24.3. The van der Waals surface area contributed by atoms with Gasteiger partial charge in [0.25, 0.3) is 0 Å². The number of rotatable bonds is 4. The van der Waals surface area contributed by atoms with Crippen molar-refractivity contribution in [1.82, 2.24) is 4.90 Å². The molecule has 1 saturated heterocycles. The quantitative estimate of drug-likeness (QED) is 0.780. The summed E-state index contributed by atoms with van der Waals surface area (Å²) in [5.41, 5.74) is -3.68. The standard InChI is InChI=1S/C17H17F6NO3/c1-10(11-3-2-4-12(8-11)16(18,19)20)7-13(25)24-6-5-15(9-24,14(26)27)17(21,22)23/h2-4,8,10H,5-7,9H2,1H3,(H,26,27). The van der Waals surface area contributed by atoms with E-state index in [0.29, 0.717) is 0 Å². The van der Waals surface area contributed by atoms with E-state index in [1.165, 1.54) is 19.1 Å². The Bertz CT molecular complexity index is 730. The highest BCUT2D eigenvalue weighted by Gasteiger charge is 2.64. The maximum absolute atomic E-state index is 13.2. The zero-order chi connectivity index (χ0) is 20.6. The van der Waals surface area contributed by atoms with Gasteiger partial charge in [-0.3, -0.25) is 9.59 Å². The van der Waals surface area contributed by atoms with Crippen molar-refractivity contribution in [1.29, 1.82) is 0 Å². The molecule has 0 aromatic heterocycles. The Morgan fingerprint density at radius 3 is 2.33 bits per heavy atom. The minimum atomic E-state index is -5.01. The van der Waals surface area contributed by atoms with Gasteiger partial charge in [-0.05, 0) is 24.0 Å². The number of amides is 1. The van der Waals surface area contributed by atoms with Gasteiger partial charge < -0.3 is 10.0 Å². The van der Waals surface area contributed by atoms with Crippen LogP contribution in [-0.4, -0.2) is 41.1 Å². The van der Waals surface area contributed by atoms with Crippen LogP contribution < -0.4 is 0 Å². The van der Waals surface area contributed by atoms with Gasteiger partial charge in [-0.15, -0.1) is 0 Å². The van der Waals surface area contributed by atoms with Crippen LogP contribution in [0.25, 0.3) is 0 Å². The smallest absolute Gasteiger partial charge is 0.416 e. The van der Waals surface area contributed by atoms with Gasteiger partial charge in [0.05, 0.1) is 5.56 Å². The monoisotopic (exact) mass is 397 g/mol. The van der Waals surface area contributed by atoms with Gasteiger partial charge in [0.1, 0.15) is 0 Å². The molecule has 1 amide bonds. The third kappa shape index (κ3) is 4.19. The summed E-state index contributed by atoms with van der Waals surface area (Å²) < 4.78 is 77.8. The summed E-state index contributed by atoms with van der Waals surface area (Å²) in [6, 6.07) is 4.35. The average molecular weight is 397 g/mol. The first-order valence-corrected chi connectivity index (χ1v) is 8.03. The Hall–Kier alpha value is -2.26. The van der Waals surface area contributed by atoms with Gasteiger partial charge in [-0.25, -0.2) is 0 Å². The van der Waals surface area contributed by atoms with E-state index in [0.717, 1.165) is 17.0 Å². The molecule has 0 radical (unpaired) electrons. The molecular weight excluding hydrogens is 380 g/mol. The van der Waals surface area contributed by atoms with E-state index in [1.54, 1.807) is 0 Å². The number of likely N-dealkylation sites (tertiary alicyclic amines) is 1. The van der Waals surface area contributed by atoms with Crippen LogP contribution >= 0.6 is 0 Å². The Labute approximate surface area is 150 Å². The van der Waals surface area contributed by atoms with Gasteiger partial charge in [-0.2, -0.15) is 26.3 Å². The Kier molecular flexibility index (Phi) is 5.49. The molecule has 10 heteroatoms. The third-order valence-electron chi connectivity index (χ3n) is 4.84. The van der Waals surface area contributed by atoms with E-state index >= 15 is 0 Å². The van der Waals surface area contributed by atoms with Crippen molar-refractivity contribution in [3.63, 3.8) is 0 Å². The van der Waals surface area contributed by atoms with Gasteiger partial charge in [0.2, 0.25) is 5.91 Å². The number of carbonyl (C=O) groups is 2. The van der Waals surface area contributed by atoms with Crippen LogP contribution in [-0.2, 0) is 15.8 Å². The Balaban J connectivity index is 2.11. The number of nitrogens with zero attached hydrogens (tertiary/aromatic N) is 1. The molecule has 1 fully saturated rings. The molecular formula is C17H17F6NO3. The second kappa shape index (κ2) is 7.05. The lowest BCUT2D eigenvalue weighted by Gasteiger charge is -2.27. The minimum Gasteiger partial charge on any atom is -0.481 e. The fraction of sp³-hybridized carbons (Fsp3) is 0.529. The number of hydrogen-bond donors (Lipinski definition) is 1. The zero-order valence-corrected chi connectivity index (χ0v) is 14.2. The lowest BCUT2D eigenvalue weighted by Crippen LogP contribution is -2.47. The number of hydrogen-bond acceptors (Lipinski definition) is 2. The van der Waals surface area contributed by atoms with E-state index in [1.807, 2.05) is 0 Å². The fourth-order valence-electron chi connectivity index (χ4n) is 3.08. The molecule has 27 heavy (non-hydrogen) atoms. The van der Waals surface area contributed by atoms with Gasteiger partial charge in [0.15, 0.2) is 5.41 Å². The van der Waals surface area contributed by atoms with Crippen molar-refractivity contribution in [3.8, 4) is 0 Å². The van der Waals surface area contributed by atoms with Crippen molar-refractivity contribution in [2.75, 3.05) is 13.1 Å². The SMILES string of the molecule is CC(CC(=O)N1CCC(C(=O)O)(C(F)(F)F)C1)c1cccc(C(F)(F)F)c1. The molecule has 0 bridgehead atoms. The van der Waals surface area contributed by atoms with E-state index in [9.17, 15) is 35.9 Å². The molecule has 2 unspecified atom stereocenters. The highest BCUT2D eigenvalue weighted by molar-refractivity contribution is 5.81. The molecule has 0 saturated carbocycles. The summed E-state index contributed by atoms with van der Waals surface area (Å²) in [6.45, 7) is 0.109. The van der Waals surface area contributed by atoms with Crippen molar-refractivity contribution >= 4 is 11.9 Å². The van der Waals surface area contributed by atoms with E-state index < -0.39 is 54.1 Å². The second-order valence-electron chi connectivity index (χ2n) is 6.68. The molecule has 1 aliphatic rings. The number of carboxylic acid groups (broad SMARTS) is 1. The predicted molar refractivity (Wildman–Crippen MR) is 81.8 cm³/mol. The molecule has 2 rings (SSSR count). The third-order valence-corrected chi connectivity index (χ3v) is 4.84. The summed E-state index contributed by atoms with van der Waals surface area (Å²) in [6.07, 6.45) is -10.6. The second-order valence-corrected chi connectivity index (χ2v) is 6.68. The highest BCUT2D eigenvalue weighted by Crippen LogP contribution is 2.46. The van der Waals surface area contributed by atoms with Crippen LogP contribution in [0.15, 0.2) is 24.3 Å². The van der Waals surface area contributed by atoms with Crippen molar-refractivity contribution in [2.45, 2.75) is 38.0 Å². The number of benzene rings is 1. The molecule has 150 valence electrons. The molecule has 1 aromatic carbocycles. The predicted octanol–water partition coefficient (Wildman–Crippen LogP) is 4.06. The molecule has 0 spiro atoms. The maximum atomic E-state index is 13.2. The Morgan fingerprint density at radius 1 is 1.22 bits per heavy atom. The summed E-state index contributed by atoms with van der Waals surface area (Å²) in [5.74, 6) is -3.45. The first kappa shape index (κ1) is 21.0. The number of alkyl halides is 6. The fourth-order valence-corrected chi connectivity index (χ4v) is 3.08. The van der Waals surface area contributed by atoms with Crippen LogP contribution in [0.5, 0.6) is 0 Å². The van der Waals surface area contributed by atoms with Crippen molar-refractivity contribution in [2.24, 2.45) is 5.41 Å². The van der Waals surface area contributed by atoms with Crippen LogP contribution in [0.1, 0.15) is 36.8 Å². The Morgan fingerprint density at radius 2 is 1.85 bits per heavy atom. The van der Waals surface area contributed by atoms with Crippen LogP contribution in [0, 0.1) is 5.41 Å². The van der Waals surface area contributed by atoms with Crippen molar-refractivity contribution in [3.05, 3.63) is 35.4 Å². The lowest BCUT2D eigenvalue weighted by molar-refractivity contribution is -0.227. The zero-order valence-electron chi connectivity index (χ0n) is 14.2. The van der Waals surface area contributed by atoms with Gasteiger partial charge in [0, 0.05) is 19.5 Å². The van der Waals surface area contributed by atoms with Crippen LogP contribution in [0.4, 0.5) is 26.3 Å². The maximum Gasteiger partial charge on any atom is 0.416 e. The molecule has 1 aromatic rings. The van der Waals surface area contributed by atoms with E-state index in [-0.39, 0.29) is 18.5 Å². The summed E-state index contributed by atoms with van der Waals surface area (Å²) >= 11 is 0. The number of carbonyl (C=O) groups excluding carboxylic acids is 1. The average Bonchev–Trinajstić information content (AvgIpc) is 3.01. The first-order chi connectivity index (χ1) is 12.3. The topological polar surface area (TPSA) is 57.6 Å².